The summed E-state index contributed by atoms with van der Waals surface area (Å²) in [6, 6.07) is 12.0. The Morgan fingerprint density at radius 2 is 2.19 bits per heavy atom. The standard InChI is InChI=1S/C13H13NO2/c1-16-13-4-2-3-11-9-10(7-8-14-15)5-6-12(11)13/h2-6,8-9,15H,7H2,1H3. The highest BCUT2D eigenvalue weighted by atomic mass is 16.5. The predicted molar refractivity (Wildman–Crippen MR) is 64.5 cm³/mol. The van der Waals surface area contributed by atoms with Crippen LogP contribution in [0, 0.1) is 0 Å². The fourth-order valence-corrected chi connectivity index (χ4v) is 1.75. The largest absolute Gasteiger partial charge is 0.496 e. The van der Waals surface area contributed by atoms with Crippen molar-refractivity contribution in [3.63, 3.8) is 0 Å². The van der Waals surface area contributed by atoms with Crippen molar-refractivity contribution in [2.24, 2.45) is 5.16 Å². The van der Waals surface area contributed by atoms with E-state index < -0.39 is 0 Å². The highest BCUT2D eigenvalue weighted by Gasteiger charge is 2.01. The quantitative estimate of drug-likeness (QED) is 0.486. The zero-order chi connectivity index (χ0) is 11.4. The minimum absolute atomic E-state index is 0.629. The summed E-state index contributed by atoms with van der Waals surface area (Å²) >= 11 is 0. The number of nitrogens with zero attached hydrogens (tertiary/aromatic N) is 1. The summed E-state index contributed by atoms with van der Waals surface area (Å²) in [5.74, 6) is 0.875. The molecule has 0 aliphatic rings. The van der Waals surface area contributed by atoms with Crippen LogP contribution in [0.5, 0.6) is 5.75 Å². The molecule has 0 unspecified atom stereocenters. The Bertz CT molecular complexity index is 520. The Balaban J connectivity index is 2.46. The van der Waals surface area contributed by atoms with Gasteiger partial charge in [0, 0.05) is 18.0 Å². The molecular weight excluding hydrogens is 202 g/mol. The summed E-state index contributed by atoms with van der Waals surface area (Å²) in [7, 11) is 1.67. The van der Waals surface area contributed by atoms with E-state index in [1.165, 1.54) is 6.21 Å². The molecule has 2 aromatic carbocycles. The van der Waals surface area contributed by atoms with Crippen LogP contribution < -0.4 is 4.74 Å². The SMILES string of the molecule is COc1cccc2cc(CC=NO)ccc12. The van der Waals surface area contributed by atoms with Gasteiger partial charge in [0.25, 0.3) is 0 Å². The van der Waals surface area contributed by atoms with Crippen LogP contribution in [-0.2, 0) is 6.42 Å². The minimum Gasteiger partial charge on any atom is -0.496 e. The number of rotatable bonds is 3. The second-order valence-electron chi connectivity index (χ2n) is 3.52. The lowest BCUT2D eigenvalue weighted by atomic mass is 10.0. The predicted octanol–water partition coefficient (Wildman–Crippen LogP) is 2.85. The third-order valence-corrected chi connectivity index (χ3v) is 2.53. The monoisotopic (exact) mass is 215 g/mol. The van der Waals surface area contributed by atoms with Crippen LogP contribution >= 0.6 is 0 Å². The van der Waals surface area contributed by atoms with Gasteiger partial charge in [-0.25, -0.2) is 0 Å². The molecule has 0 heterocycles. The van der Waals surface area contributed by atoms with Crippen LogP contribution in [0.15, 0.2) is 41.6 Å². The number of fused-ring (bicyclic) bond motifs is 1. The number of hydrogen-bond donors (Lipinski definition) is 1. The molecular formula is C13H13NO2. The normalized spacial score (nSPS) is 11.1. The van der Waals surface area contributed by atoms with Gasteiger partial charge in [-0.3, -0.25) is 0 Å². The molecule has 2 aromatic rings. The van der Waals surface area contributed by atoms with Crippen molar-refractivity contribution in [3.05, 3.63) is 42.0 Å². The molecule has 3 heteroatoms. The van der Waals surface area contributed by atoms with Crippen LogP contribution in [-0.4, -0.2) is 18.5 Å². The van der Waals surface area contributed by atoms with Gasteiger partial charge in [0.05, 0.1) is 7.11 Å². The number of benzene rings is 2. The molecule has 82 valence electrons. The molecule has 0 fully saturated rings. The average molecular weight is 215 g/mol. The van der Waals surface area contributed by atoms with Crippen LogP contribution in [0.3, 0.4) is 0 Å². The molecule has 0 saturated carbocycles. The van der Waals surface area contributed by atoms with Gasteiger partial charge in [0.1, 0.15) is 5.75 Å². The molecule has 0 radical (unpaired) electrons. The van der Waals surface area contributed by atoms with Gasteiger partial charge in [-0.05, 0) is 17.0 Å². The molecule has 0 amide bonds. The molecule has 0 atom stereocenters. The van der Waals surface area contributed by atoms with E-state index in [0.29, 0.717) is 6.42 Å². The Kier molecular flexibility index (Phi) is 3.05. The lowest BCUT2D eigenvalue weighted by Gasteiger charge is -2.06. The third kappa shape index (κ3) is 1.98. The molecule has 0 bridgehead atoms. The van der Waals surface area contributed by atoms with E-state index in [1.807, 2.05) is 30.3 Å². The smallest absolute Gasteiger partial charge is 0.126 e. The molecule has 0 aromatic heterocycles. The van der Waals surface area contributed by atoms with Crippen LogP contribution in [0.2, 0.25) is 0 Å². The highest BCUT2D eigenvalue weighted by molar-refractivity contribution is 5.89. The van der Waals surface area contributed by atoms with Crippen molar-refractivity contribution in [2.45, 2.75) is 6.42 Å². The second-order valence-corrected chi connectivity index (χ2v) is 3.52. The average Bonchev–Trinajstić information content (AvgIpc) is 2.35. The second kappa shape index (κ2) is 4.66. The Hall–Kier alpha value is -2.03. The van der Waals surface area contributed by atoms with Crippen molar-refractivity contribution in [1.29, 1.82) is 0 Å². The van der Waals surface area contributed by atoms with Crippen molar-refractivity contribution >= 4 is 17.0 Å². The van der Waals surface area contributed by atoms with E-state index in [-0.39, 0.29) is 0 Å². The van der Waals surface area contributed by atoms with Crippen molar-refractivity contribution in [3.8, 4) is 5.75 Å². The first-order chi connectivity index (χ1) is 7.85. The molecule has 3 nitrogen and oxygen atoms in total. The van der Waals surface area contributed by atoms with E-state index in [1.54, 1.807) is 7.11 Å². The first-order valence-corrected chi connectivity index (χ1v) is 5.06. The zero-order valence-corrected chi connectivity index (χ0v) is 9.05. The number of oxime groups is 1. The molecule has 0 spiro atoms. The summed E-state index contributed by atoms with van der Waals surface area (Å²) < 4.78 is 5.28. The van der Waals surface area contributed by atoms with Gasteiger partial charge in [-0.15, -0.1) is 5.16 Å². The Morgan fingerprint density at radius 1 is 1.31 bits per heavy atom. The molecule has 0 aliphatic carbocycles. The van der Waals surface area contributed by atoms with Gasteiger partial charge < -0.3 is 9.94 Å². The Morgan fingerprint density at radius 3 is 2.94 bits per heavy atom. The van der Waals surface area contributed by atoms with Crippen LogP contribution in [0.1, 0.15) is 5.56 Å². The summed E-state index contributed by atoms with van der Waals surface area (Å²) in [5.41, 5.74) is 1.11. The van der Waals surface area contributed by atoms with Crippen molar-refractivity contribution in [1.82, 2.24) is 0 Å². The number of ether oxygens (including phenoxy) is 1. The fraction of sp³-hybridized carbons (Fsp3) is 0.154. The van der Waals surface area contributed by atoms with Gasteiger partial charge in [-0.2, -0.15) is 0 Å². The summed E-state index contributed by atoms with van der Waals surface area (Å²) in [6.45, 7) is 0. The first-order valence-electron chi connectivity index (χ1n) is 5.06. The first kappa shape index (κ1) is 10.5. The van der Waals surface area contributed by atoms with E-state index >= 15 is 0 Å². The molecule has 2 rings (SSSR count). The summed E-state index contributed by atoms with van der Waals surface area (Å²) in [5, 5.41) is 13.6. The van der Waals surface area contributed by atoms with Crippen LogP contribution in [0.25, 0.3) is 10.8 Å². The van der Waals surface area contributed by atoms with Gasteiger partial charge in [-0.1, -0.05) is 30.3 Å². The van der Waals surface area contributed by atoms with Gasteiger partial charge in [0.15, 0.2) is 0 Å². The maximum absolute atomic E-state index is 8.37. The highest BCUT2D eigenvalue weighted by Crippen LogP contribution is 2.25. The maximum atomic E-state index is 8.37. The number of methoxy groups -OCH3 is 1. The van der Waals surface area contributed by atoms with Crippen molar-refractivity contribution in [2.75, 3.05) is 7.11 Å². The third-order valence-electron chi connectivity index (χ3n) is 2.53. The van der Waals surface area contributed by atoms with Gasteiger partial charge in [0.2, 0.25) is 0 Å². The summed E-state index contributed by atoms with van der Waals surface area (Å²) in [4.78, 5) is 0. The molecule has 0 aliphatic heterocycles. The molecule has 0 saturated heterocycles. The van der Waals surface area contributed by atoms with E-state index in [2.05, 4.69) is 11.2 Å². The maximum Gasteiger partial charge on any atom is 0.126 e. The fourth-order valence-electron chi connectivity index (χ4n) is 1.75. The minimum atomic E-state index is 0.629. The molecule has 16 heavy (non-hydrogen) atoms. The Labute approximate surface area is 94.0 Å². The molecule has 1 N–H and O–H groups in total. The lowest BCUT2D eigenvalue weighted by Crippen LogP contribution is -1.88. The van der Waals surface area contributed by atoms with E-state index in [4.69, 9.17) is 9.94 Å². The van der Waals surface area contributed by atoms with Crippen molar-refractivity contribution < 1.29 is 9.94 Å². The van der Waals surface area contributed by atoms with E-state index in [9.17, 15) is 0 Å². The number of hydrogen-bond acceptors (Lipinski definition) is 3. The van der Waals surface area contributed by atoms with Gasteiger partial charge >= 0.3 is 0 Å². The topological polar surface area (TPSA) is 41.8 Å². The van der Waals surface area contributed by atoms with E-state index in [0.717, 1.165) is 22.1 Å². The van der Waals surface area contributed by atoms with Crippen LogP contribution in [0.4, 0.5) is 0 Å². The lowest BCUT2D eigenvalue weighted by molar-refractivity contribution is 0.321. The summed E-state index contributed by atoms with van der Waals surface area (Å²) in [6.07, 6.45) is 2.10. The zero-order valence-electron chi connectivity index (χ0n) is 9.05.